The second-order valence-corrected chi connectivity index (χ2v) is 8.56. The number of carbonyl (C=O) groups excluding carboxylic acids is 2. The fourth-order valence-electron chi connectivity index (χ4n) is 4.37. The zero-order chi connectivity index (χ0) is 23.5. The van der Waals surface area contributed by atoms with Crippen LogP contribution in [0.3, 0.4) is 0 Å². The van der Waals surface area contributed by atoms with Crippen molar-refractivity contribution in [3.05, 3.63) is 94.6 Å². The van der Waals surface area contributed by atoms with E-state index in [1.54, 1.807) is 17.4 Å². The second kappa shape index (κ2) is 9.45. The summed E-state index contributed by atoms with van der Waals surface area (Å²) in [4.78, 5) is 32.0. The number of Topliss-reactive ketones (excluding diaryl/α,β-unsaturated/α-hetero) is 1. The monoisotopic (exact) mass is 443 g/mol. The number of likely N-dealkylation sites (tertiary alicyclic amines) is 1. The molecule has 0 bridgehead atoms. The SMILES string of the molecule is CCc1ccc(C2C(=C(O)c3cc(C)ccc3C)C(=O)C(=O)N2CCCn2ccnc2)cc1. The maximum atomic E-state index is 13.2. The predicted molar refractivity (Wildman–Crippen MR) is 128 cm³/mol. The molecular formula is C27H29N3O3. The molecule has 1 aliphatic heterocycles. The van der Waals surface area contributed by atoms with Crippen LogP contribution in [0, 0.1) is 13.8 Å². The van der Waals surface area contributed by atoms with Gasteiger partial charge in [0.1, 0.15) is 5.76 Å². The Morgan fingerprint density at radius 3 is 2.48 bits per heavy atom. The van der Waals surface area contributed by atoms with Crippen molar-refractivity contribution in [1.82, 2.24) is 14.5 Å². The fraction of sp³-hybridized carbons (Fsp3) is 0.296. The number of benzene rings is 2. The summed E-state index contributed by atoms with van der Waals surface area (Å²) in [5, 5.41) is 11.3. The molecule has 1 fully saturated rings. The first-order valence-corrected chi connectivity index (χ1v) is 11.3. The summed E-state index contributed by atoms with van der Waals surface area (Å²) in [6.45, 7) is 6.98. The quantitative estimate of drug-likeness (QED) is 0.330. The number of amides is 1. The lowest BCUT2D eigenvalue weighted by Gasteiger charge is -2.25. The maximum Gasteiger partial charge on any atom is 0.295 e. The first-order chi connectivity index (χ1) is 15.9. The van der Waals surface area contributed by atoms with Crippen LogP contribution in [-0.4, -0.2) is 37.8 Å². The Balaban J connectivity index is 1.76. The topological polar surface area (TPSA) is 75.4 Å². The molecule has 6 nitrogen and oxygen atoms in total. The summed E-state index contributed by atoms with van der Waals surface area (Å²) in [5.41, 5.74) is 4.55. The van der Waals surface area contributed by atoms with E-state index in [1.807, 2.05) is 67.1 Å². The van der Waals surface area contributed by atoms with E-state index in [4.69, 9.17) is 0 Å². The molecule has 1 aromatic heterocycles. The van der Waals surface area contributed by atoms with Gasteiger partial charge >= 0.3 is 0 Å². The third-order valence-corrected chi connectivity index (χ3v) is 6.27. The van der Waals surface area contributed by atoms with E-state index in [9.17, 15) is 14.7 Å². The van der Waals surface area contributed by atoms with Crippen LogP contribution >= 0.6 is 0 Å². The van der Waals surface area contributed by atoms with Gasteiger partial charge in [-0.25, -0.2) is 4.98 Å². The zero-order valence-electron chi connectivity index (χ0n) is 19.3. The molecule has 1 aliphatic rings. The molecule has 0 saturated carbocycles. The smallest absolute Gasteiger partial charge is 0.295 e. The Hall–Kier alpha value is -3.67. The van der Waals surface area contributed by atoms with E-state index in [0.717, 1.165) is 23.1 Å². The van der Waals surface area contributed by atoms with Gasteiger partial charge in [0.05, 0.1) is 17.9 Å². The van der Waals surface area contributed by atoms with Gasteiger partial charge in [-0.15, -0.1) is 0 Å². The van der Waals surface area contributed by atoms with Crippen LogP contribution in [-0.2, 0) is 22.6 Å². The first kappa shape index (κ1) is 22.5. The molecule has 0 radical (unpaired) electrons. The van der Waals surface area contributed by atoms with Crippen LogP contribution in [0.1, 0.15) is 47.2 Å². The standard InChI is InChI=1S/C27H29N3O3/c1-4-20-8-10-21(11-9-20)24-23(25(31)22-16-18(2)6-7-19(22)3)26(32)27(33)30(24)14-5-13-29-15-12-28-17-29/h6-12,15-17,24,31H,4-5,13-14H2,1-3H3. The highest BCUT2D eigenvalue weighted by molar-refractivity contribution is 6.46. The third kappa shape index (κ3) is 4.46. The highest BCUT2D eigenvalue weighted by atomic mass is 16.3. The zero-order valence-corrected chi connectivity index (χ0v) is 19.3. The van der Waals surface area contributed by atoms with Crippen LogP contribution < -0.4 is 0 Å². The Morgan fingerprint density at radius 2 is 1.82 bits per heavy atom. The summed E-state index contributed by atoms with van der Waals surface area (Å²) in [6.07, 6.45) is 6.88. The molecule has 6 heteroatoms. The van der Waals surface area contributed by atoms with E-state index in [-0.39, 0.29) is 11.3 Å². The molecule has 2 heterocycles. The number of nitrogens with zero attached hydrogens (tertiary/aromatic N) is 3. The molecule has 1 atom stereocenters. The van der Waals surface area contributed by atoms with Crippen LogP contribution in [0.15, 0.2) is 66.8 Å². The number of hydrogen-bond acceptors (Lipinski definition) is 4. The highest BCUT2D eigenvalue weighted by Crippen LogP contribution is 2.40. The molecule has 0 aliphatic carbocycles. The predicted octanol–water partition coefficient (Wildman–Crippen LogP) is 4.57. The number of rotatable bonds is 7. The Bertz CT molecular complexity index is 1190. The Labute approximate surface area is 194 Å². The summed E-state index contributed by atoms with van der Waals surface area (Å²) in [5.74, 6) is -1.33. The molecule has 1 N–H and O–H groups in total. The summed E-state index contributed by atoms with van der Waals surface area (Å²) >= 11 is 0. The van der Waals surface area contributed by atoms with E-state index in [1.165, 1.54) is 5.56 Å². The molecule has 33 heavy (non-hydrogen) atoms. The minimum absolute atomic E-state index is 0.115. The number of ketones is 1. The minimum Gasteiger partial charge on any atom is -0.507 e. The number of hydrogen-bond donors (Lipinski definition) is 1. The molecule has 1 amide bonds. The number of aryl methyl sites for hydroxylation is 4. The van der Waals surface area contributed by atoms with E-state index >= 15 is 0 Å². The van der Waals surface area contributed by atoms with Gasteiger partial charge in [0.2, 0.25) is 0 Å². The van der Waals surface area contributed by atoms with E-state index in [2.05, 4.69) is 11.9 Å². The summed E-state index contributed by atoms with van der Waals surface area (Å²) in [7, 11) is 0. The average molecular weight is 444 g/mol. The van der Waals surface area contributed by atoms with Gasteiger partial charge in [-0.1, -0.05) is 48.9 Å². The van der Waals surface area contributed by atoms with Gasteiger partial charge in [0, 0.05) is 31.0 Å². The normalized spacial score (nSPS) is 17.7. The average Bonchev–Trinajstić information content (AvgIpc) is 3.42. The Morgan fingerprint density at radius 1 is 1.06 bits per heavy atom. The number of carbonyl (C=O) groups is 2. The first-order valence-electron chi connectivity index (χ1n) is 11.3. The number of imidazole rings is 1. The lowest BCUT2D eigenvalue weighted by atomic mass is 9.92. The molecule has 170 valence electrons. The van der Waals surface area contributed by atoms with Crippen LogP contribution in [0.25, 0.3) is 5.76 Å². The highest BCUT2D eigenvalue weighted by Gasteiger charge is 2.45. The molecule has 3 aromatic rings. The lowest BCUT2D eigenvalue weighted by Crippen LogP contribution is -2.31. The van der Waals surface area contributed by atoms with Gasteiger partial charge in [-0.05, 0) is 49.4 Å². The van der Waals surface area contributed by atoms with Crippen molar-refractivity contribution in [2.75, 3.05) is 6.54 Å². The number of aliphatic hydroxyl groups excluding tert-OH is 1. The van der Waals surface area contributed by atoms with Crippen LogP contribution in [0.5, 0.6) is 0 Å². The molecule has 1 unspecified atom stereocenters. The van der Waals surface area contributed by atoms with Crippen molar-refractivity contribution < 1.29 is 14.7 Å². The van der Waals surface area contributed by atoms with Gasteiger partial charge in [-0.3, -0.25) is 9.59 Å². The van der Waals surface area contributed by atoms with Crippen molar-refractivity contribution in [3.8, 4) is 0 Å². The summed E-state index contributed by atoms with van der Waals surface area (Å²) in [6, 6.07) is 13.0. The van der Waals surface area contributed by atoms with Crippen LogP contribution in [0.2, 0.25) is 0 Å². The van der Waals surface area contributed by atoms with Gasteiger partial charge in [0.25, 0.3) is 11.7 Å². The Kier molecular flexibility index (Phi) is 6.45. The second-order valence-electron chi connectivity index (χ2n) is 8.56. The van der Waals surface area contributed by atoms with E-state index in [0.29, 0.717) is 25.1 Å². The third-order valence-electron chi connectivity index (χ3n) is 6.27. The number of aliphatic hydroxyl groups is 1. The van der Waals surface area contributed by atoms with Crippen molar-refractivity contribution in [1.29, 1.82) is 0 Å². The minimum atomic E-state index is -0.638. The number of aromatic nitrogens is 2. The van der Waals surface area contributed by atoms with Gasteiger partial charge < -0.3 is 14.6 Å². The van der Waals surface area contributed by atoms with Gasteiger partial charge in [0.15, 0.2) is 0 Å². The maximum absolute atomic E-state index is 13.2. The molecular weight excluding hydrogens is 414 g/mol. The molecule has 2 aromatic carbocycles. The van der Waals surface area contributed by atoms with Crippen molar-refractivity contribution in [2.24, 2.45) is 0 Å². The molecule has 0 spiro atoms. The van der Waals surface area contributed by atoms with Crippen molar-refractivity contribution in [3.63, 3.8) is 0 Å². The summed E-state index contributed by atoms with van der Waals surface area (Å²) < 4.78 is 1.94. The van der Waals surface area contributed by atoms with Crippen molar-refractivity contribution >= 4 is 17.4 Å². The van der Waals surface area contributed by atoms with Crippen LogP contribution in [0.4, 0.5) is 0 Å². The molecule has 1 saturated heterocycles. The van der Waals surface area contributed by atoms with Crippen molar-refractivity contribution in [2.45, 2.75) is 46.2 Å². The largest absolute Gasteiger partial charge is 0.507 e. The van der Waals surface area contributed by atoms with Gasteiger partial charge in [-0.2, -0.15) is 0 Å². The fourth-order valence-corrected chi connectivity index (χ4v) is 4.37. The molecule has 4 rings (SSSR count). The van der Waals surface area contributed by atoms with E-state index < -0.39 is 17.7 Å². The lowest BCUT2D eigenvalue weighted by molar-refractivity contribution is -0.139.